The molecule has 0 spiro atoms. The van der Waals surface area contributed by atoms with E-state index in [2.05, 4.69) is 67.8 Å². The van der Waals surface area contributed by atoms with Gasteiger partial charge in [0.15, 0.2) is 0 Å². The summed E-state index contributed by atoms with van der Waals surface area (Å²) in [6.07, 6.45) is 7.13. The van der Waals surface area contributed by atoms with Crippen LogP contribution in [0.4, 0.5) is 0 Å². The molecule has 0 fully saturated rings. The lowest BCUT2D eigenvalue weighted by atomic mass is 9.97. The summed E-state index contributed by atoms with van der Waals surface area (Å²) in [5.74, 6) is 0. The van der Waals surface area contributed by atoms with E-state index in [0.29, 0.717) is 23.5 Å². The molecule has 6 aromatic rings. The number of nitriles is 1. The number of aromatic nitrogens is 2. The van der Waals surface area contributed by atoms with E-state index in [4.69, 9.17) is 15.0 Å². The molecule has 52 heavy (non-hydrogen) atoms. The standard InChI is InChI=1S/C44H33N5.C3H6/c1-4-39-40(5-2)49-44(38-21-13-20-37(27-38)36-19-12-14-32(26-36)29-45)43(48-39)35-24-22-31(23-25-35)30-47-42(34-17-10-7-11-18-34)28-41(46-3)33-15-8-6-9-16-33;1-3-2/h4-28H,1-3,30H2;3H,1H2,2H3/b41-28-,47-42?;. The second-order valence-corrected chi connectivity index (χ2v) is 11.6. The SMILES string of the molecule is C=CC.C=Cc1nc(-c2ccc(CN=C(/C=C(\N=C)c3ccccc3)c3ccccc3)cc2)c(-c2cccc(-c3cccc(C#N)c3)c2)nc1C=C. The second-order valence-electron chi connectivity index (χ2n) is 11.6. The minimum Gasteiger partial charge on any atom is -0.280 e. The maximum Gasteiger partial charge on any atom is 0.0991 e. The van der Waals surface area contributed by atoms with Crippen LogP contribution >= 0.6 is 0 Å². The smallest absolute Gasteiger partial charge is 0.0991 e. The zero-order valence-corrected chi connectivity index (χ0v) is 29.3. The summed E-state index contributed by atoms with van der Waals surface area (Å²) in [5.41, 5.74) is 11.7. The average Bonchev–Trinajstić information content (AvgIpc) is 3.21. The number of hydrogen-bond acceptors (Lipinski definition) is 5. The van der Waals surface area contributed by atoms with Crippen molar-refractivity contribution in [2.75, 3.05) is 0 Å². The molecule has 0 bridgehead atoms. The molecule has 0 atom stereocenters. The maximum atomic E-state index is 9.43. The first-order valence-corrected chi connectivity index (χ1v) is 16.8. The van der Waals surface area contributed by atoms with Crippen molar-refractivity contribution in [3.05, 3.63) is 199 Å². The Labute approximate surface area is 306 Å². The van der Waals surface area contributed by atoms with Crippen LogP contribution in [0.2, 0.25) is 0 Å². The van der Waals surface area contributed by atoms with Crippen molar-refractivity contribution in [2.24, 2.45) is 9.98 Å². The molecule has 0 unspecified atom stereocenters. The van der Waals surface area contributed by atoms with Crippen LogP contribution in [0.5, 0.6) is 0 Å². The van der Waals surface area contributed by atoms with E-state index in [0.717, 1.165) is 61.7 Å². The first kappa shape index (κ1) is 36.3. The van der Waals surface area contributed by atoms with E-state index in [9.17, 15) is 5.26 Å². The van der Waals surface area contributed by atoms with Gasteiger partial charge in [0.1, 0.15) is 0 Å². The van der Waals surface area contributed by atoms with E-state index < -0.39 is 0 Å². The number of aliphatic imine (C=N–C) groups is 2. The second kappa shape index (κ2) is 18.1. The van der Waals surface area contributed by atoms with Crippen molar-refractivity contribution in [2.45, 2.75) is 13.5 Å². The van der Waals surface area contributed by atoms with Gasteiger partial charge in [-0.05, 0) is 72.3 Å². The zero-order valence-electron chi connectivity index (χ0n) is 29.3. The summed E-state index contributed by atoms with van der Waals surface area (Å²) in [7, 11) is 0. The van der Waals surface area contributed by atoms with Gasteiger partial charge in [-0.1, -0.05) is 134 Å². The van der Waals surface area contributed by atoms with E-state index in [1.165, 1.54) is 0 Å². The van der Waals surface area contributed by atoms with Crippen LogP contribution in [0.1, 0.15) is 40.6 Å². The molecule has 5 nitrogen and oxygen atoms in total. The van der Waals surface area contributed by atoms with Gasteiger partial charge in [0.05, 0.1) is 52.4 Å². The Kier molecular flexibility index (Phi) is 12.6. The fraction of sp³-hybridized carbons (Fsp3) is 0.0426. The van der Waals surface area contributed by atoms with Crippen LogP contribution in [0.15, 0.2) is 175 Å². The van der Waals surface area contributed by atoms with Gasteiger partial charge in [0.25, 0.3) is 0 Å². The van der Waals surface area contributed by atoms with Crippen LogP contribution in [0.3, 0.4) is 0 Å². The van der Waals surface area contributed by atoms with Crippen LogP contribution in [-0.4, -0.2) is 22.4 Å². The lowest BCUT2D eigenvalue weighted by Gasteiger charge is -2.14. The summed E-state index contributed by atoms with van der Waals surface area (Å²) in [4.78, 5) is 19.3. The predicted molar refractivity (Wildman–Crippen MR) is 220 cm³/mol. The van der Waals surface area contributed by atoms with Crippen LogP contribution in [0, 0.1) is 11.3 Å². The third kappa shape index (κ3) is 8.95. The zero-order chi connectivity index (χ0) is 36.7. The highest BCUT2D eigenvalue weighted by atomic mass is 14.8. The Hall–Kier alpha value is -7.03. The molecule has 0 saturated heterocycles. The molecule has 1 aromatic heterocycles. The summed E-state index contributed by atoms with van der Waals surface area (Å²) in [6.45, 7) is 17.5. The number of benzene rings is 5. The Bertz CT molecular complexity index is 2290. The molecule has 0 amide bonds. The molecule has 0 radical (unpaired) electrons. The molecule has 0 saturated carbocycles. The van der Waals surface area contributed by atoms with Crippen molar-refractivity contribution in [1.29, 1.82) is 5.26 Å². The summed E-state index contributed by atoms with van der Waals surface area (Å²) < 4.78 is 0. The van der Waals surface area contributed by atoms with Crippen LogP contribution in [-0.2, 0) is 6.54 Å². The van der Waals surface area contributed by atoms with Gasteiger partial charge in [0.2, 0.25) is 0 Å². The molecule has 0 aliphatic rings. The summed E-state index contributed by atoms with van der Waals surface area (Å²) in [6, 6.07) is 46.2. The van der Waals surface area contributed by atoms with E-state index in [1.807, 2.05) is 110 Å². The van der Waals surface area contributed by atoms with Crippen molar-refractivity contribution < 1.29 is 0 Å². The minimum atomic E-state index is 0.468. The van der Waals surface area contributed by atoms with Gasteiger partial charge in [-0.15, -0.1) is 6.58 Å². The Morgan fingerprint density at radius 2 is 1.19 bits per heavy atom. The van der Waals surface area contributed by atoms with Gasteiger partial charge < -0.3 is 0 Å². The van der Waals surface area contributed by atoms with Gasteiger partial charge in [-0.2, -0.15) is 5.26 Å². The lowest BCUT2D eigenvalue weighted by molar-refractivity contribution is 1.07. The van der Waals surface area contributed by atoms with Gasteiger partial charge in [-0.25, -0.2) is 9.97 Å². The highest BCUT2D eigenvalue weighted by molar-refractivity contribution is 6.12. The topological polar surface area (TPSA) is 74.3 Å². The number of hydrogen-bond donors (Lipinski definition) is 0. The van der Waals surface area contributed by atoms with Crippen molar-refractivity contribution in [3.63, 3.8) is 0 Å². The van der Waals surface area contributed by atoms with Crippen LogP contribution in [0.25, 0.3) is 51.5 Å². The van der Waals surface area contributed by atoms with E-state index >= 15 is 0 Å². The summed E-state index contributed by atoms with van der Waals surface area (Å²) in [5, 5.41) is 9.43. The minimum absolute atomic E-state index is 0.468. The molecule has 0 N–H and O–H groups in total. The molecule has 0 aliphatic carbocycles. The average molecular weight is 674 g/mol. The van der Waals surface area contributed by atoms with Gasteiger partial charge in [-0.3, -0.25) is 9.98 Å². The molecule has 6 rings (SSSR count). The molecular formula is C47H39N5. The molecule has 0 aliphatic heterocycles. The largest absolute Gasteiger partial charge is 0.280 e. The van der Waals surface area contributed by atoms with E-state index in [1.54, 1.807) is 24.3 Å². The van der Waals surface area contributed by atoms with Crippen molar-refractivity contribution in [3.8, 4) is 39.7 Å². The van der Waals surface area contributed by atoms with Gasteiger partial charge in [0, 0.05) is 16.7 Å². The normalized spacial score (nSPS) is 11.0. The fourth-order valence-corrected chi connectivity index (χ4v) is 5.51. The predicted octanol–water partition coefficient (Wildman–Crippen LogP) is 11.6. The molecule has 5 aromatic carbocycles. The Balaban J connectivity index is 0.00000168. The Morgan fingerprint density at radius 1 is 0.654 bits per heavy atom. The molecular weight excluding hydrogens is 635 g/mol. The monoisotopic (exact) mass is 673 g/mol. The lowest BCUT2D eigenvalue weighted by Crippen LogP contribution is -2.01. The number of nitrogens with zero attached hydrogens (tertiary/aromatic N) is 5. The summed E-state index contributed by atoms with van der Waals surface area (Å²) >= 11 is 0. The number of allylic oxidation sites excluding steroid dienone is 2. The van der Waals surface area contributed by atoms with Crippen molar-refractivity contribution in [1.82, 2.24) is 9.97 Å². The highest BCUT2D eigenvalue weighted by Crippen LogP contribution is 2.33. The number of rotatable bonds is 11. The fourth-order valence-electron chi connectivity index (χ4n) is 5.51. The maximum absolute atomic E-state index is 9.43. The molecule has 1 heterocycles. The quantitative estimate of drug-likeness (QED) is 0.101. The third-order valence-corrected chi connectivity index (χ3v) is 8.04. The first-order chi connectivity index (χ1) is 25.5. The third-order valence-electron chi connectivity index (χ3n) is 8.04. The Morgan fingerprint density at radius 3 is 1.77 bits per heavy atom. The highest BCUT2D eigenvalue weighted by Gasteiger charge is 2.16. The van der Waals surface area contributed by atoms with Crippen LogP contribution < -0.4 is 0 Å². The van der Waals surface area contributed by atoms with Crippen molar-refractivity contribution >= 4 is 30.3 Å². The molecule has 252 valence electrons. The van der Waals surface area contributed by atoms with E-state index in [-0.39, 0.29) is 0 Å². The molecule has 5 heteroatoms. The van der Waals surface area contributed by atoms with Gasteiger partial charge >= 0.3 is 0 Å². The first-order valence-electron chi connectivity index (χ1n) is 16.8.